The molecule has 10 atom stereocenters. The molecular weight excluding hydrogens is 434 g/mol. The molecule has 0 unspecified atom stereocenters. The first-order chi connectivity index (χ1) is 16.4. The summed E-state index contributed by atoms with van der Waals surface area (Å²) in [6.45, 7) is 14.3. The molecule has 1 saturated heterocycles. The standard InChI is InChI=1S/C31H49NO3/c1-18-13-28(35)29(32(17-18)21(4)33)20(3)30(5)11-10-24-25-8-7-22-14-23(34)9-12-31(22,6)27(25)15-26(24)19(2)16-30/h18,20,22,24-25,27-29,35H,7-17H2,1-6H3/t18-,20+,22+,24-,25-,27-,28+,29-,30+,31-/m0/s1. The number of carbonyl (C=O) groups excluding carboxylic acids is 2. The molecule has 4 aliphatic carbocycles. The maximum atomic E-state index is 12.6. The summed E-state index contributed by atoms with van der Waals surface area (Å²) < 4.78 is 0. The van der Waals surface area contributed by atoms with Crippen LogP contribution < -0.4 is 0 Å². The second-order valence-electron chi connectivity index (χ2n) is 14.1. The molecule has 0 aromatic carbocycles. The predicted molar refractivity (Wildman–Crippen MR) is 140 cm³/mol. The SMILES string of the molecule is CC(=O)N1C[C@@H](C)C[C@@H](O)[C@@H]1[C@@H](C)[C@]1(C)CC[C@@H]2C(=C(C)C1)C[C@H]1[C@H]2CC[C@@H]2CC(=O)CC[C@@]21C. The van der Waals surface area contributed by atoms with E-state index in [1.54, 1.807) is 18.1 Å². The quantitative estimate of drug-likeness (QED) is 0.478. The monoisotopic (exact) mass is 483 g/mol. The van der Waals surface area contributed by atoms with Crippen LogP contribution in [0.15, 0.2) is 11.1 Å². The van der Waals surface area contributed by atoms with E-state index in [1.165, 1.54) is 32.1 Å². The minimum atomic E-state index is -0.432. The van der Waals surface area contributed by atoms with E-state index >= 15 is 0 Å². The molecule has 0 radical (unpaired) electrons. The number of Topliss-reactive ketones (excluding diaryl/α,β-unsaturated/α-hetero) is 1. The summed E-state index contributed by atoms with van der Waals surface area (Å²) >= 11 is 0. The summed E-state index contributed by atoms with van der Waals surface area (Å²) in [7, 11) is 0. The predicted octanol–water partition coefficient (Wildman–Crippen LogP) is 6.17. The van der Waals surface area contributed by atoms with Crippen LogP contribution in [0.1, 0.15) is 106 Å². The van der Waals surface area contributed by atoms with Gasteiger partial charge in [0.15, 0.2) is 0 Å². The van der Waals surface area contributed by atoms with Gasteiger partial charge in [-0.3, -0.25) is 9.59 Å². The van der Waals surface area contributed by atoms with Crippen LogP contribution >= 0.6 is 0 Å². The average molecular weight is 484 g/mol. The molecule has 1 aliphatic heterocycles. The molecule has 0 aromatic heterocycles. The van der Waals surface area contributed by atoms with Crippen molar-refractivity contribution >= 4 is 11.7 Å². The van der Waals surface area contributed by atoms with E-state index in [-0.39, 0.29) is 23.3 Å². The van der Waals surface area contributed by atoms with Crippen LogP contribution in [0.25, 0.3) is 0 Å². The Balaban J connectivity index is 1.40. The summed E-state index contributed by atoms with van der Waals surface area (Å²) in [4.78, 5) is 26.8. The molecule has 196 valence electrons. The molecule has 0 aromatic rings. The molecule has 4 nitrogen and oxygen atoms in total. The number of aliphatic hydroxyl groups excluding tert-OH is 1. The van der Waals surface area contributed by atoms with Gasteiger partial charge in [0.05, 0.1) is 12.1 Å². The molecule has 0 spiro atoms. The van der Waals surface area contributed by atoms with E-state index in [4.69, 9.17) is 0 Å². The van der Waals surface area contributed by atoms with Crippen molar-refractivity contribution in [3.63, 3.8) is 0 Å². The third kappa shape index (κ3) is 4.14. The molecule has 4 fully saturated rings. The lowest BCUT2D eigenvalue weighted by molar-refractivity contribution is -0.144. The minimum Gasteiger partial charge on any atom is -0.391 e. The summed E-state index contributed by atoms with van der Waals surface area (Å²) in [5.41, 5.74) is 3.78. The van der Waals surface area contributed by atoms with Crippen LogP contribution in [0, 0.1) is 46.3 Å². The summed E-state index contributed by atoms with van der Waals surface area (Å²) in [5, 5.41) is 11.2. The molecule has 1 N–H and O–H groups in total. The van der Waals surface area contributed by atoms with Crippen molar-refractivity contribution < 1.29 is 14.7 Å². The molecule has 35 heavy (non-hydrogen) atoms. The normalized spacial score (nSPS) is 47.0. The number of hydrogen-bond acceptors (Lipinski definition) is 3. The number of carbonyl (C=O) groups is 2. The Kier molecular flexibility index (Phi) is 6.55. The van der Waals surface area contributed by atoms with Crippen LogP contribution in [0.3, 0.4) is 0 Å². The Morgan fingerprint density at radius 1 is 1.14 bits per heavy atom. The van der Waals surface area contributed by atoms with Crippen LogP contribution in [0.2, 0.25) is 0 Å². The Labute approximate surface area is 213 Å². The molecule has 4 heteroatoms. The third-order valence-electron chi connectivity index (χ3n) is 12.1. The fourth-order valence-corrected chi connectivity index (χ4v) is 9.95. The zero-order valence-electron chi connectivity index (χ0n) is 23.1. The molecule has 1 amide bonds. The minimum absolute atomic E-state index is 0.0775. The van der Waals surface area contributed by atoms with Crippen molar-refractivity contribution in [3.05, 3.63) is 11.1 Å². The highest BCUT2D eigenvalue weighted by Gasteiger charge is 2.57. The van der Waals surface area contributed by atoms with Gasteiger partial charge in [-0.25, -0.2) is 0 Å². The molecule has 1 heterocycles. The number of rotatable bonds is 2. The lowest BCUT2D eigenvalue weighted by Gasteiger charge is -2.52. The summed E-state index contributed by atoms with van der Waals surface area (Å²) in [6, 6.07) is -0.0775. The van der Waals surface area contributed by atoms with Gasteiger partial charge >= 0.3 is 0 Å². The maximum Gasteiger partial charge on any atom is 0.219 e. The number of nitrogens with zero attached hydrogens (tertiary/aromatic N) is 1. The van der Waals surface area contributed by atoms with Gasteiger partial charge in [0.1, 0.15) is 5.78 Å². The zero-order chi connectivity index (χ0) is 25.3. The number of amides is 1. The van der Waals surface area contributed by atoms with Crippen molar-refractivity contribution in [3.8, 4) is 0 Å². The number of hydrogen-bond donors (Lipinski definition) is 1. The van der Waals surface area contributed by atoms with E-state index in [1.807, 2.05) is 4.90 Å². The van der Waals surface area contributed by atoms with Gasteiger partial charge in [0.25, 0.3) is 0 Å². The fraction of sp³-hybridized carbons (Fsp3) is 0.871. The Bertz CT molecular complexity index is 909. The molecule has 0 bridgehead atoms. The van der Waals surface area contributed by atoms with Gasteiger partial charge in [-0.2, -0.15) is 0 Å². The van der Waals surface area contributed by atoms with Gasteiger partial charge in [-0.15, -0.1) is 0 Å². The highest BCUT2D eigenvalue weighted by atomic mass is 16.3. The number of likely N-dealkylation sites (tertiary alicyclic amines) is 1. The fourth-order valence-electron chi connectivity index (χ4n) is 9.95. The molecule has 5 aliphatic rings. The van der Waals surface area contributed by atoms with E-state index < -0.39 is 6.10 Å². The van der Waals surface area contributed by atoms with Crippen molar-refractivity contribution in [2.24, 2.45) is 46.3 Å². The molecule has 3 saturated carbocycles. The van der Waals surface area contributed by atoms with Crippen LogP contribution in [0.5, 0.6) is 0 Å². The van der Waals surface area contributed by atoms with Crippen molar-refractivity contribution in [1.29, 1.82) is 0 Å². The van der Waals surface area contributed by atoms with Crippen molar-refractivity contribution in [2.45, 2.75) is 118 Å². The highest BCUT2D eigenvalue weighted by molar-refractivity contribution is 5.79. The van der Waals surface area contributed by atoms with Crippen LogP contribution in [0.4, 0.5) is 0 Å². The van der Waals surface area contributed by atoms with Crippen molar-refractivity contribution in [1.82, 2.24) is 4.90 Å². The number of fused-ring (bicyclic) bond motifs is 5. The van der Waals surface area contributed by atoms with Crippen LogP contribution in [-0.2, 0) is 9.59 Å². The van der Waals surface area contributed by atoms with E-state index in [2.05, 4.69) is 34.6 Å². The molecular formula is C31H49NO3. The lowest BCUT2D eigenvalue weighted by atomic mass is 9.52. The number of ketones is 1. The number of allylic oxidation sites excluding steroid dienone is 2. The van der Waals surface area contributed by atoms with E-state index in [0.717, 1.165) is 50.5 Å². The Hall–Kier alpha value is -1.16. The van der Waals surface area contributed by atoms with E-state index in [0.29, 0.717) is 29.0 Å². The number of piperidine rings is 1. The van der Waals surface area contributed by atoms with Gasteiger partial charge in [-0.1, -0.05) is 38.8 Å². The average Bonchev–Trinajstić information content (AvgIpc) is 3.11. The van der Waals surface area contributed by atoms with Gasteiger partial charge < -0.3 is 10.0 Å². The third-order valence-corrected chi connectivity index (χ3v) is 12.1. The van der Waals surface area contributed by atoms with E-state index in [9.17, 15) is 14.7 Å². The first kappa shape index (κ1) is 25.5. The number of aliphatic hydroxyl groups is 1. The largest absolute Gasteiger partial charge is 0.391 e. The first-order valence-electron chi connectivity index (χ1n) is 14.6. The van der Waals surface area contributed by atoms with Crippen LogP contribution in [-0.4, -0.2) is 40.4 Å². The first-order valence-corrected chi connectivity index (χ1v) is 14.6. The summed E-state index contributed by atoms with van der Waals surface area (Å²) in [5.74, 6) is 4.05. The highest BCUT2D eigenvalue weighted by Crippen LogP contribution is 2.65. The smallest absolute Gasteiger partial charge is 0.219 e. The molecule has 5 rings (SSSR count). The maximum absolute atomic E-state index is 12.6. The second-order valence-corrected chi connectivity index (χ2v) is 14.1. The summed E-state index contributed by atoms with van der Waals surface area (Å²) in [6.07, 6.45) is 10.4. The van der Waals surface area contributed by atoms with Gasteiger partial charge in [0, 0.05) is 26.3 Å². The van der Waals surface area contributed by atoms with Gasteiger partial charge in [-0.05, 0) is 105 Å². The Morgan fingerprint density at radius 3 is 2.60 bits per heavy atom. The topological polar surface area (TPSA) is 57.6 Å². The van der Waals surface area contributed by atoms with Gasteiger partial charge in [0.2, 0.25) is 5.91 Å². The zero-order valence-corrected chi connectivity index (χ0v) is 23.1. The Morgan fingerprint density at radius 2 is 1.89 bits per heavy atom. The second kappa shape index (κ2) is 8.99. The van der Waals surface area contributed by atoms with Crippen molar-refractivity contribution in [2.75, 3.05) is 6.54 Å². The lowest BCUT2D eigenvalue weighted by Crippen LogP contribution is -2.58.